The van der Waals surface area contributed by atoms with Crippen molar-refractivity contribution in [3.63, 3.8) is 0 Å². The second-order valence-corrected chi connectivity index (χ2v) is 9.63. The summed E-state index contributed by atoms with van der Waals surface area (Å²) in [6.07, 6.45) is 9.36. The molecule has 4 rings (SSSR count). The van der Waals surface area contributed by atoms with Gasteiger partial charge < -0.3 is 10.2 Å². The van der Waals surface area contributed by atoms with E-state index in [0.29, 0.717) is 35.2 Å². The first-order valence-corrected chi connectivity index (χ1v) is 9.31. The van der Waals surface area contributed by atoms with Crippen molar-refractivity contribution in [3.8, 4) is 0 Å². The van der Waals surface area contributed by atoms with Gasteiger partial charge in [0, 0.05) is 12.5 Å². The molecule has 2 nitrogen and oxygen atoms in total. The first-order valence-electron chi connectivity index (χ1n) is 9.31. The quantitative estimate of drug-likeness (QED) is 0.721. The Labute approximate surface area is 135 Å². The molecular formula is C20H32O2. The average molecular weight is 304 g/mol. The molecule has 0 unspecified atom stereocenters. The maximum Gasteiger partial charge on any atom is 0.0608 e. The number of hydrogen-bond acceptors (Lipinski definition) is 2. The van der Waals surface area contributed by atoms with Crippen LogP contribution in [0.4, 0.5) is 0 Å². The van der Waals surface area contributed by atoms with Crippen LogP contribution < -0.4 is 0 Å². The van der Waals surface area contributed by atoms with Gasteiger partial charge in [0.05, 0.1) is 6.10 Å². The Morgan fingerprint density at radius 2 is 1.95 bits per heavy atom. The lowest BCUT2D eigenvalue weighted by molar-refractivity contribution is -0.172. The van der Waals surface area contributed by atoms with E-state index in [0.717, 1.165) is 12.8 Å². The zero-order valence-corrected chi connectivity index (χ0v) is 14.3. The molecule has 4 saturated carbocycles. The molecule has 22 heavy (non-hydrogen) atoms. The summed E-state index contributed by atoms with van der Waals surface area (Å²) < 4.78 is 0. The minimum absolute atomic E-state index is 0.0893. The fraction of sp³-hybridized carbons (Fsp3) is 0.900. The minimum atomic E-state index is -0.175. The second-order valence-electron chi connectivity index (χ2n) is 9.63. The van der Waals surface area contributed by atoms with Gasteiger partial charge in [-0.1, -0.05) is 32.4 Å². The summed E-state index contributed by atoms with van der Waals surface area (Å²) in [7, 11) is 0. The van der Waals surface area contributed by atoms with Gasteiger partial charge in [-0.2, -0.15) is 0 Å². The van der Waals surface area contributed by atoms with E-state index in [2.05, 4.69) is 20.4 Å². The summed E-state index contributed by atoms with van der Waals surface area (Å²) in [5, 5.41) is 20.7. The maximum atomic E-state index is 10.7. The molecule has 2 N–H and O–H groups in total. The number of hydrogen-bond donors (Lipinski definition) is 2. The summed E-state index contributed by atoms with van der Waals surface area (Å²) in [6, 6.07) is 0. The highest BCUT2D eigenvalue weighted by Gasteiger charge is 2.64. The minimum Gasteiger partial charge on any atom is -0.396 e. The van der Waals surface area contributed by atoms with Crippen LogP contribution in [0.15, 0.2) is 12.2 Å². The van der Waals surface area contributed by atoms with Gasteiger partial charge in [-0.25, -0.2) is 0 Å². The van der Waals surface area contributed by atoms with Crippen molar-refractivity contribution < 1.29 is 10.2 Å². The van der Waals surface area contributed by atoms with Crippen LogP contribution in [0.25, 0.3) is 0 Å². The van der Waals surface area contributed by atoms with Crippen molar-refractivity contribution in [1.82, 2.24) is 0 Å². The summed E-state index contributed by atoms with van der Waals surface area (Å²) in [5.74, 6) is 1.60. The number of fused-ring (bicyclic) bond motifs is 3. The van der Waals surface area contributed by atoms with Crippen molar-refractivity contribution in [1.29, 1.82) is 0 Å². The predicted octanol–water partition coefficient (Wildman–Crippen LogP) is 3.92. The van der Waals surface area contributed by atoms with Crippen molar-refractivity contribution in [2.75, 3.05) is 6.61 Å². The van der Waals surface area contributed by atoms with Gasteiger partial charge in [-0.15, -0.1) is 0 Å². The molecule has 0 aromatic carbocycles. The zero-order chi connectivity index (χ0) is 15.8. The van der Waals surface area contributed by atoms with E-state index < -0.39 is 0 Å². The first kappa shape index (κ1) is 15.2. The molecule has 2 bridgehead atoms. The molecule has 4 aliphatic rings. The Balaban J connectivity index is 1.75. The smallest absolute Gasteiger partial charge is 0.0608 e. The van der Waals surface area contributed by atoms with E-state index in [9.17, 15) is 10.2 Å². The van der Waals surface area contributed by atoms with Crippen LogP contribution in [0, 0.1) is 34.0 Å². The van der Waals surface area contributed by atoms with Crippen molar-refractivity contribution in [2.45, 2.75) is 71.3 Å². The monoisotopic (exact) mass is 304 g/mol. The topological polar surface area (TPSA) is 40.5 Å². The molecule has 0 heterocycles. The number of rotatable bonds is 1. The molecule has 7 atom stereocenters. The Morgan fingerprint density at radius 3 is 2.68 bits per heavy atom. The normalized spacial score (nSPS) is 57.4. The molecule has 2 heteroatoms. The maximum absolute atomic E-state index is 10.7. The summed E-state index contributed by atoms with van der Waals surface area (Å²) in [5.41, 5.74) is 2.12. The predicted molar refractivity (Wildman–Crippen MR) is 88.3 cm³/mol. The standard InChI is InChI=1S/C20H32O2/c1-13-10-20-8-5-16-18(2,12-21)6-4-7-19(16,3)17(20)9-15(22)14(13)11-20/h14-17,21-22H,1,4-12H2,2-3H3/t14-,15-,16-,17+,18-,19-,20-/m1/s1. The zero-order valence-electron chi connectivity index (χ0n) is 14.3. The van der Waals surface area contributed by atoms with Gasteiger partial charge in [0.1, 0.15) is 0 Å². The Hall–Kier alpha value is -0.340. The van der Waals surface area contributed by atoms with Crippen LogP contribution in [0.1, 0.15) is 65.2 Å². The molecular weight excluding hydrogens is 272 g/mol. The van der Waals surface area contributed by atoms with Gasteiger partial charge in [-0.05, 0) is 73.0 Å². The van der Waals surface area contributed by atoms with E-state index in [-0.39, 0.29) is 11.5 Å². The third-order valence-corrected chi connectivity index (χ3v) is 8.60. The summed E-state index contributed by atoms with van der Waals surface area (Å²) in [6.45, 7) is 9.43. The average Bonchev–Trinajstić information content (AvgIpc) is 2.75. The Kier molecular flexibility index (Phi) is 3.18. The highest BCUT2D eigenvalue weighted by molar-refractivity contribution is 5.24. The van der Waals surface area contributed by atoms with E-state index in [1.165, 1.54) is 44.1 Å². The van der Waals surface area contributed by atoms with Crippen molar-refractivity contribution in [3.05, 3.63) is 12.2 Å². The van der Waals surface area contributed by atoms with E-state index >= 15 is 0 Å². The molecule has 0 aromatic heterocycles. The molecule has 1 spiro atoms. The third-order valence-electron chi connectivity index (χ3n) is 8.60. The summed E-state index contributed by atoms with van der Waals surface area (Å²) in [4.78, 5) is 0. The molecule has 0 saturated heterocycles. The SMILES string of the molecule is C=C1C[C@@]23CC[C@@H]4[C@@](C)(CO)CCC[C@@]4(C)[C@@H]2C[C@@H](O)[C@@H]1C3. The lowest BCUT2D eigenvalue weighted by Gasteiger charge is -2.64. The van der Waals surface area contributed by atoms with Crippen LogP contribution in [0.2, 0.25) is 0 Å². The van der Waals surface area contributed by atoms with Gasteiger partial charge in [0.2, 0.25) is 0 Å². The molecule has 0 aliphatic heterocycles. The number of aliphatic hydroxyl groups is 2. The van der Waals surface area contributed by atoms with E-state index in [4.69, 9.17) is 0 Å². The lowest BCUT2D eigenvalue weighted by Crippen LogP contribution is -2.58. The second kappa shape index (κ2) is 4.60. The molecule has 4 aliphatic carbocycles. The number of aliphatic hydroxyl groups excluding tert-OH is 2. The molecule has 0 amide bonds. The van der Waals surface area contributed by atoms with Gasteiger partial charge >= 0.3 is 0 Å². The van der Waals surface area contributed by atoms with E-state index in [1.807, 2.05) is 0 Å². The largest absolute Gasteiger partial charge is 0.396 e. The van der Waals surface area contributed by atoms with Gasteiger partial charge in [0.15, 0.2) is 0 Å². The van der Waals surface area contributed by atoms with Gasteiger partial charge in [0.25, 0.3) is 0 Å². The highest BCUT2D eigenvalue weighted by atomic mass is 16.3. The lowest BCUT2D eigenvalue weighted by atomic mass is 9.41. The van der Waals surface area contributed by atoms with Crippen molar-refractivity contribution >= 4 is 0 Å². The fourth-order valence-corrected chi connectivity index (χ4v) is 7.63. The third kappa shape index (κ3) is 1.74. The van der Waals surface area contributed by atoms with Crippen LogP contribution in [-0.4, -0.2) is 22.9 Å². The van der Waals surface area contributed by atoms with E-state index in [1.54, 1.807) is 0 Å². The van der Waals surface area contributed by atoms with Crippen molar-refractivity contribution in [2.24, 2.45) is 34.0 Å². The van der Waals surface area contributed by atoms with Crippen LogP contribution in [0.5, 0.6) is 0 Å². The Bertz CT molecular complexity index is 500. The van der Waals surface area contributed by atoms with Crippen LogP contribution in [0.3, 0.4) is 0 Å². The molecule has 0 aromatic rings. The molecule has 0 radical (unpaired) electrons. The van der Waals surface area contributed by atoms with Crippen LogP contribution >= 0.6 is 0 Å². The van der Waals surface area contributed by atoms with Gasteiger partial charge in [-0.3, -0.25) is 0 Å². The van der Waals surface area contributed by atoms with Crippen LogP contribution in [-0.2, 0) is 0 Å². The Morgan fingerprint density at radius 1 is 1.18 bits per heavy atom. The summed E-state index contributed by atoms with van der Waals surface area (Å²) >= 11 is 0. The molecule has 4 fully saturated rings. The molecule has 124 valence electrons. The first-order chi connectivity index (χ1) is 10.3. The highest BCUT2D eigenvalue weighted by Crippen LogP contribution is 2.72. The fourth-order valence-electron chi connectivity index (χ4n) is 7.63.